The van der Waals surface area contributed by atoms with Gasteiger partial charge in [-0.25, -0.2) is 0 Å². The van der Waals surface area contributed by atoms with Gasteiger partial charge >= 0.3 is 0 Å². The van der Waals surface area contributed by atoms with Gasteiger partial charge in [-0.1, -0.05) is 68.0 Å². The smallest absolute Gasteiger partial charge is 0.0519 e. The fraction of sp³-hybridized carbons (Fsp3) is 0.455. The Balaban J connectivity index is 1.49. The Morgan fingerprint density at radius 3 is 2.56 bits per heavy atom. The fourth-order valence-electron chi connectivity index (χ4n) is 3.40. The van der Waals surface area contributed by atoms with Gasteiger partial charge in [-0.3, -0.25) is 10.2 Å². The Morgan fingerprint density at radius 2 is 1.80 bits per heavy atom. The quantitative estimate of drug-likeness (QED) is 0.821. The molecule has 1 atom stereocenters. The predicted molar refractivity (Wildman–Crippen MR) is 107 cm³/mol. The third-order valence-electron chi connectivity index (χ3n) is 5.02. The summed E-state index contributed by atoms with van der Waals surface area (Å²) in [7, 11) is 0. The van der Waals surface area contributed by atoms with Crippen molar-refractivity contribution in [1.29, 1.82) is 0 Å². The lowest BCUT2D eigenvalue weighted by Crippen LogP contribution is -2.50. The lowest BCUT2D eigenvalue weighted by Gasteiger charge is -2.35. The first-order valence-corrected chi connectivity index (χ1v) is 9.65. The van der Waals surface area contributed by atoms with Gasteiger partial charge in [-0.05, 0) is 30.2 Å². The highest BCUT2D eigenvalue weighted by molar-refractivity contribution is 5.59. The first-order chi connectivity index (χ1) is 12.3. The molecule has 1 saturated heterocycles. The molecule has 1 unspecified atom stereocenters. The number of benzene rings is 1. The van der Waals surface area contributed by atoms with Crippen molar-refractivity contribution in [3.8, 4) is 0 Å². The number of allylic oxidation sites excluding steroid dienone is 2. The molecule has 1 fully saturated rings. The van der Waals surface area contributed by atoms with Gasteiger partial charge in [0.25, 0.3) is 0 Å². The van der Waals surface area contributed by atoms with E-state index in [1.165, 1.54) is 56.7 Å². The number of hydrogen-bond acceptors (Lipinski definition) is 3. The molecule has 0 spiro atoms. The molecule has 0 saturated carbocycles. The maximum atomic E-state index is 3.72. The molecule has 134 valence electrons. The summed E-state index contributed by atoms with van der Waals surface area (Å²) < 4.78 is 0. The molecule has 0 bridgehead atoms. The van der Waals surface area contributed by atoms with Gasteiger partial charge in [-0.2, -0.15) is 0 Å². The highest BCUT2D eigenvalue weighted by Crippen LogP contribution is 2.16. The van der Waals surface area contributed by atoms with Crippen LogP contribution >= 0.6 is 0 Å². The zero-order valence-corrected chi connectivity index (χ0v) is 15.4. The van der Waals surface area contributed by atoms with E-state index in [4.69, 9.17) is 0 Å². The van der Waals surface area contributed by atoms with Crippen LogP contribution in [-0.4, -0.2) is 55.2 Å². The third kappa shape index (κ3) is 5.67. The summed E-state index contributed by atoms with van der Waals surface area (Å²) in [6.07, 6.45) is 13.6. The number of rotatable bonds is 7. The molecule has 1 aliphatic heterocycles. The standard InChI is InChI=1S/C22H31N3/c1-2-3-13-24-14-16-25(17-15-24)19-23-22-12-8-7-11-21(22)18-20-9-5-4-6-10-20/h4-12,18,22-23H,2-3,13-17,19H2,1H3. The summed E-state index contributed by atoms with van der Waals surface area (Å²) in [5.41, 5.74) is 2.59. The van der Waals surface area contributed by atoms with E-state index in [1.54, 1.807) is 0 Å². The van der Waals surface area contributed by atoms with Crippen LogP contribution in [0.5, 0.6) is 0 Å². The van der Waals surface area contributed by atoms with Crippen molar-refractivity contribution in [3.05, 3.63) is 65.8 Å². The monoisotopic (exact) mass is 337 g/mol. The van der Waals surface area contributed by atoms with Gasteiger partial charge in [0, 0.05) is 32.8 Å². The Labute approximate surface area is 152 Å². The minimum absolute atomic E-state index is 0.295. The Hall–Kier alpha value is -1.68. The van der Waals surface area contributed by atoms with Crippen molar-refractivity contribution >= 4 is 6.08 Å². The average molecular weight is 338 g/mol. The minimum Gasteiger partial charge on any atom is -0.301 e. The van der Waals surface area contributed by atoms with E-state index in [0.29, 0.717) is 6.04 Å². The van der Waals surface area contributed by atoms with Crippen LogP contribution in [0.3, 0.4) is 0 Å². The number of hydrogen-bond donors (Lipinski definition) is 1. The van der Waals surface area contributed by atoms with Crippen molar-refractivity contribution in [2.45, 2.75) is 25.8 Å². The van der Waals surface area contributed by atoms with E-state index in [1.807, 2.05) is 0 Å². The van der Waals surface area contributed by atoms with Crippen molar-refractivity contribution in [3.63, 3.8) is 0 Å². The maximum Gasteiger partial charge on any atom is 0.0519 e. The molecule has 2 aliphatic rings. The van der Waals surface area contributed by atoms with Crippen molar-refractivity contribution < 1.29 is 0 Å². The van der Waals surface area contributed by atoms with Gasteiger partial charge < -0.3 is 4.90 Å². The summed E-state index contributed by atoms with van der Waals surface area (Å²) in [4.78, 5) is 5.14. The highest BCUT2D eigenvalue weighted by atomic mass is 15.3. The number of unbranched alkanes of at least 4 members (excludes halogenated alkanes) is 1. The minimum atomic E-state index is 0.295. The van der Waals surface area contributed by atoms with Crippen LogP contribution in [0.2, 0.25) is 0 Å². The average Bonchev–Trinajstić information content (AvgIpc) is 2.67. The molecule has 1 aliphatic carbocycles. The topological polar surface area (TPSA) is 18.5 Å². The van der Waals surface area contributed by atoms with E-state index >= 15 is 0 Å². The summed E-state index contributed by atoms with van der Waals surface area (Å²) in [6.45, 7) is 9.23. The zero-order valence-electron chi connectivity index (χ0n) is 15.4. The van der Waals surface area contributed by atoms with Gasteiger partial charge in [0.2, 0.25) is 0 Å². The normalized spacial score (nSPS) is 23.4. The molecule has 1 heterocycles. The fourth-order valence-corrected chi connectivity index (χ4v) is 3.40. The number of nitrogens with one attached hydrogen (secondary N) is 1. The Kier molecular flexibility index (Phi) is 7.04. The van der Waals surface area contributed by atoms with Crippen LogP contribution in [0.1, 0.15) is 25.3 Å². The second kappa shape index (κ2) is 9.71. The van der Waals surface area contributed by atoms with Crippen LogP contribution in [0, 0.1) is 0 Å². The first kappa shape index (κ1) is 18.1. The van der Waals surface area contributed by atoms with E-state index in [2.05, 4.69) is 82.8 Å². The molecule has 3 rings (SSSR count). The SMILES string of the molecule is CCCCN1CCN(CNC2C=CC=CC2=Cc2ccccc2)CC1. The lowest BCUT2D eigenvalue weighted by molar-refractivity contribution is 0.123. The second-order valence-corrected chi connectivity index (χ2v) is 6.95. The van der Waals surface area contributed by atoms with Crippen LogP contribution in [-0.2, 0) is 0 Å². The van der Waals surface area contributed by atoms with Gasteiger partial charge in [-0.15, -0.1) is 0 Å². The molecular weight excluding hydrogens is 306 g/mol. The molecule has 3 heteroatoms. The van der Waals surface area contributed by atoms with E-state index in [9.17, 15) is 0 Å². The van der Waals surface area contributed by atoms with Gasteiger partial charge in [0.15, 0.2) is 0 Å². The van der Waals surface area contributed by atoms with Crippen LogP contribution in [0.25, 0.3) is 6.08 Å². The number of nitrogens with zero attached hydrogens (tertiary/aromatic N) is 2. The maximum absolute atomic E-state index is 3.72. The molecule has 1 aromatic rings. The van der Waals surface area contributed by atoms with Crippen LogP contribution in [0.15, 0.2) is 60.2 Å². The third-order valence-corrected chi connectivity index (χ3v) is 5.02. The lowest BCUT2D eigenvalue weighted by atomic mass is 9.99. The molecule has 25 heavy (non-hydrogen) atoms. The Morgan fingerprint density at radius 1 is 1.04 bits per heavy atom. The second-order valence-electron chi connectivity index (χ2n) is 6.95. The Bertz CT molecular complexity index is 595. The van der Waals surface area contributed by atoms with Crippen LogP contribution < -0.4 is 5.32 Å². The van der Waals surface area contributed by atoms with E-state index in [-0.39, 0.29) is 0 Å². The van der Waals surface area contributed by atoms with E-state index < -0.39 is 0 Å². The van der Waals surface area contributed by atoms with Gasteiger partial charge in [0.1, 0.15) is 0 Å². The first-order valence-electron chi connectivity index (χ1n) is 9.65. The van der Waals surface area contributed by atoms with Gasteiger partial charge in [0.05, 0.1) is 6.04 Å². The summed E-state index contributed by atoms with van der Waals surface area (Å²) in [5.74, 6) is 0. The number of piperazine rings is 1. The van der Waals surface area contributed by atoms with Crippen LogP contribution in [0.4, 0.5) is 0 Å². The largest absolute Gasteiger partial charge is 0.301 e. The zero-order chi connectivity index (χ0) is 17.3. The van der Waals surface area contributed by atoms with Crippen molar-refractivity contribution in [2.24, 2.45) is 0 Å². The molecule has 3 nitrogen and oxygen atoms in total. The van der Waals surface area contributed by atoms with Crippen molar-refractivity contribution in [2.75, 3.05) is 39.4 Å². The summed E-state index contributed by atoms with van der Waals surface area (Å²) >= 11 is 0. The molecule has 1 N–H and O–H groups in total. The summed E-state index contributed by atoms with van der Waals surface area (Å²) in [5, 5.41) is 3.72. The molecule has 1 aromatic carbocycles. The highest BCUT2D eigenvalue weighted by Gasteiger charge is 2.18. The summed E-state index contributed by atoms with van der Waals surface area (Å²) in [6, 6.07) is 10.9. The molecule has 0 aromatic heterocycles. The molecule has 0 radical (unpaired) electrons. The predicted octanol–water partition coefficient (Wildman–Crippen LogP) is 3.53. The molecule has 0 amide bonds. The molecular formula is C22H31N3. The van der Waals surface area contributed by atoms with E-state index in [0.717, 1.165) is 6.67 Å². The van der Waals surface area contributed by atoms with Crippen molar-refractivity contribution in [1.82, 2.24) is 15.1 Å².